The van der Waals surface area contributed by atoms with Gasteiger partial charge in [-0.2, -0.15) is 0 Å². The highest BCUT2D eigenvalue weighted by Gasteiger charge is 2.37. The van der Waals surface area contributed by atoms with Crippen molar-refractivity contribution in [3.05, 3.63) is 12.2 Å². The molecule has 0 aromatic rings. The van der Waals surface area contributed by atoms with Crippen LogP contribution in [0.25, 0.3) is 0 Å². The van der Waals surface area contributed by atoms with Gasteiger partial charge < -0.3 is 20.5 Å². The Kier molecular flexibility index (Phi) is 9.64. The quantitative estimate of drug-likeness (QED) is 0.199. The maximum Gasteiger partial charge on any atom is 0.433 e. The molecule has 0 radical (unpaired) electrons. The lowest BCUT2D eigenvalue weighted by Gasteiger charge is -2.25. The third-order valence-corrected chi connectivity index (χ3v) is 4.47. The molecule has 1 rings (SSSR count). The van der Waals surface area contributed by atoms with Gasteiger partial charge >= 0.3 is 12.1 Å². The van der Waals surface area contributed by atoms with E-state index in [4.69, 9.17) is 15.2 Å². The molecule has 0 spiro atoms. The molecule has 2 unspecified atom stereocenters. The van der Waals surface area contributed by atoms with Gasteiger partial charge in [0.2, 0.25) is 0 Å². The molecule has 9 heteroatoms. The summed E-state index contributed by atoms with van der Waals surface area (Å²) >= 11 is 0. The summed E-state index contributed by atoms with van der Waals surface area (Å²) in [7, 11) is 1.40. The average molecular weight is 397 g/mol. The zero-order chi connectivity index (χ0) is 21.3. The summed E-state index contributed by atoms with van der Waals surface area (Å²) in [5.41, 5.74) is 5.66. The van der Waals surface area contributed by atoms with Gasteiger partial charge in [-0.05, 0) is 31.8 Å². The summed E-state index contributed by atoms with van der Waals surface area (Å²) < 4.78 is 11.2. The van der Waals surface area contributed by atoms with Crippen LogP contribution in [0.5, 0.6) is 0 Å². The Balaban J connectivity index is 2.65. The molecule has 0 saturated carbocycles. The van der Waals surface area contributed by atoms with E-state index in [0.717, 1.165) is 6.42 Å². The number of hydrogen-bond acceptors (Lipinski definition) is 7. The van der Waals surface area contributed by atoms with E-state index in [1.807, 2.05) is 6.92 Å². The number of amides is 1. The van der Waals surface area contributed by atoms with Gasteiger partial charge in [0, 0.05) is 13.0 Å². The Labute approximate surface area is 165 Å². The molecule has 1 aliphatic heterocycles. The van der Waals surface area contributed by atoms with Crippen molar-refractivity contribution in [2.75, 3.05) is 13.7 Å². The molecular weight excluding hydrogens is 366 g/mol. The Morgan fingerprint density at radius 3 is 2.54 bits per heavy atom. The zero-order valence-corrected chi connectivity index (χ0v) is 17.1. The molecule has 28 heavy (non-hydrogen) atoms. The van der Waals surface area contributed by atoms with Gasteiger partial charge in [-0.1, -0.05) is 32.0 Å². The number of amidine groups is 1. The molecule has 0 aromatic heterocycles. The van der Waals surface area contributed by atoms with Crippen molar-refractivity contribution in [3.8, 4) is 0 Å². The number of allylic oxidation sites excluding steroid dienone is 1. The van der Waals surface area contributed by atoms with Crippen LogP contribution in [0.1, 0.15) is 40.5 Å². The van der Waals surface area contributed by atoms with Crippen LogP contribution >= 0.6 is 0 Å². The summed E-state index contributed by atoms with van der Waals surface area (Å²) in [6.07, 6.45) is 3.44. The van der Waals surface area contributed by atoms with Gasteiger partial charge in [0.1, 0.15) is 12.4 Å². The minimum Gasteiger partial charge on any atom is -0.463 e. The van der Waals surface area contributed by atoms with Crippen LogP contribution in [0.3, 0.4) is 0 Å². The molecule has 1 amide bonds. The fourth-order valence-corrected chi connectivity index (χ4v) is 2.97. The summed E-state index contributed by atoms with van der Waals surface area (Å²) in [6.45, 7) is 7.14. The van der Waals surface area contributed by atoms with Crippen LogP contribution in [0.4, 0.5) is 4.79 Å². The summed E-state index contributed by atoms with van der Waals surface area (Å²) in [5, 5.41) is 5.71. The molecule has 0 aliphatic carbocycles. The number of carbonyl (C=O) groups excluding carboxylic acids is 3. The van der Waals surface area contributed by atoms with Crippen LogP contribution in [-0.4, -0.2) is 49.5 Å². The second-order valence-electron chi connectivity index (χ2n) is 7.16. The zero-order valence-electron chi connectivity index (χ0n) is 17.1. The summed E-state index contributed by atoms with van der Waals surface area (Å²) in [6, 6.07) is 0. The standard InChI is InChI=1S/C19H31N3O6/c1-11(2)18(24)26-10-14-7-8-15(27-14)17(13(4)23)12(3)6-9-16(20)22-28-19(25)21-5/h6,9,11-12,14-15,17H,7-8,10H2,1-5H3,(H2,20,22)(H,21,25)/b9-6-/t12?,14-,15+,17?/m0/s1. The van der Waals surface area contributed by atoms with Gasteiger partial charge in [-0.15, -0.1) is 0 Å². The van der Waals surface area contributed by atoms with E-state index in [1.54, 1.807) is 19.9 Å². The number of rotatable bonds is 9. The van der Waals surface area contributed by atoms with Crippen molar-refractivity contribution in [2.45, 2.75) is 52.7 Å². The molecule has 9 nitrogen and oxygen atoms in total. The van der Waals surface area contributed by atoms with E-state index in [-0.39, 0.29) is 54.2 Å². The van der Waals surface area contributed by atoms with Crippen molar-refractivity contribution in [1.29, 1.82) is 0 Å². The van der Waals surface area contributed by atoms with Crippen molar-refractivity contribution < 1.29 is 28.7 Å². The van der Waals surface area contributed by atoms with Crippen LogP contribution in [-0.2, 0) is 23.9 Å². The lowest BCUT2D eigenvalue weighted by Crippen LogP contribution is -2.33. The van der Waals surface area contributed by atoms with E-state index >= 15 is 0 Å². The number of ether oxygens (including phenoxy) is 2. The van der Waals surface area contributed by atoms with Crippen LogP contribution in [0.2, 0.25) is 0 Å². The largest absolute Gasteiger partial charge is 0.463 e. The number of Topliss-reactive ketones (excluding diaryl/α,β-unsaturated/α-hetero) is 1. The third-order valence-electron chi connectivity index (χ3n) is 4.47. The summed E-state index contributed by atoms with van der Waals surface area (Å²) in [5.74, 6) is -0.988. The predicted octanol–water partition coefficient (Wildman–Crippen LogP) is 1.76. The van der Waals surface area contributed by atoms with E-state index in [1.165, 1.54) is 20.0 Å². The average Bonchev–Trinajstić information content (AvgIpc) is 3.10. The highest BCUT2D eigenvalue weighted by atomic mass is 16.7. The molecule has 0 aromatic carbocycles. The van der Waals surface area contributed by atoms with Crippen LogP contribution < -0.4 is 11.1 Å². The Morgan fingerprint density at radius 1 is 1.29 bits per heavy atom. The topological polar surface area (TPSA) is 129 Å². The van der Waals surface area contributed by atoms with Crippen LogP contribution in [0, 0.1) is 17.8 Å². The first-order valence-corrected chi connectivity index (χ1v) is 9.38. The number of ketones is 1. The fraction of sp³-hybridized carbons (Fsp3) is 0.684. The molecule has 1 aliphatic rings. The lowest BCUT2D eigenvalue weighted by molar-refractivity contribution is -0.152. The molecule has 3 N–H and O–H groups in total. The molecule has 1 heterocycles. The van der Waals surface area contributed by atoms with Crippen molar-refractivity contribution in [2.24, 2.45) is 28.6 Å². The van der Waals surface area contributed by atoms with Gasteiger partial charge in [0.25, 0.3) is 0 Å². The molecule has 0 bridgehead atoms. The highest BCUT2D eigenvalue weighted by molar-refractivity contribution is 5.91. The second kappa shape index (κ2) is 11.4. The van der Waals surface area contributed by atoms with Gasteiger partial charge in [0.15, 0.2) is 5.84 Å². The number of nitrogens with zero attached hydrogens (tertiary/aromatic N) is 1. The summed E-state index contributed by atoms with van der Waals surface area (Å²) in [4.78, 5) is 39.3. The fourth-order valence-electron chi connectivity index (χ4n) is 2.97. The monoisotopic (exact) mass is 397 g/mol. The highest BCUT2D eigenvalue weighted by Crippen LogP contribution is 2.31. The molecule has 1 fully saturated rings. The second-order valence-corrected chi connectivity index (χ2v) is 7.16. The maximum absolute atomic E-state index is 12.2. The molecular formula is C19H31N3O6. The van der Waals surface area contributed by atoms with Gasteiger partial charge in [0.05, 0.1) is 18.1 Å². The normalized spacial score (nSPS) is 22.1. The number of esters is 1. The molecule has 158 valence electrons. The van der Waals surface area contributed by atoms with Crippen molar-refractivity contribution >= 4 is 23.7 Å². The SMILES string of the molecule is CNC(=O)ON=C(N)/C=C\C(C)C(C(C)=O)[C@H]1CC[C@@H](COC(=O)C(C)C)O1. The smallest absolute Gasteiger partial charge is 0.433 e. The lowest BCUT2D eigenvalue weighted by atomic mass is 9.84. The first-order chi connectivity index (χ1) is 13.1. The Bertz CT molecular complexity index is 617. The van der Waals surface area contributed by atoms with E-state index in [9.17, 15) is 14.4 Å². The van der Waals surface area contributed by atoms with E-state index in [2.05, 4.69) is 15.3 Å². The van der Waals surface area contributed by atoms with Crippen LogP contribution in [0.15, 0.2) is 17.3 Å². The Morgan fingerprint density at radius 2 is 1.96 bits per heavy atom. The predicted molar refractivity (Wildman–Crippen MR) is 103 cm³/mol. The van der Waals surface area contributed by atoms with Gasteiger partial charge in [-0.3, -0.25) is 14.4 Å². The minimum absolute atomic E-state index is 0.000837. The molecule has 1 saturated heterocycles. The van der Waals surface area contributed by atoms with Crippen molar-refractivity contribution in [1.82, 2.24) is 5.32 Å². The first-order valence-electron chi connectivity index (χ1n) is 9.38. The number of hydrogen-bond donors (Lipinski definition) is 2. The van der Waals surface area contributed by atoms with E-state index < -0.39 is 6.09 Å². The molecule has 4 atom stereocenters. The van der Waals surface area contributed by atoms with Gasteiger partial charge in [-0.25, -0.2) is 4.79 Å². The number of carbonyl (C=O) groups is 3. The van der Waals surface area contributed by atoms with Crippen molar-refractivity contribution in [3.63, 3.8) is 0 Å². The minimum atomic E-state index is -0.727. The number of oxime groups is 1. The van der Waals surface area contributed by atoms with E-state index in [0.29, 0.717) is 6.42 Å². The third kappa shape index (κ3) is 7.67. The Hall–Kier alpha value is -2.42. The number of nitrogens with one attached hydrogen (secondary N) is 1. The maximum atomic E-state index is 12.2. The first kappa shape index (κ1) is 23.6. The number of nitrogens with two attached hydrogens (primary N) is 1.